The molecular formula is C17H26N4O3S. The zero-order valence-electron chi connectivity index (χ0n) is 14.9. The number of anilines is 1. The van der Waals surface area contributed by atoms with Crippen molar-refractivity contribution in [3.8, 4) is 0 Å². The first-order chi connectivity index (χ1) is 11.7. The Hall–Kier alpha value is -2.09. The number of carbonyl (C=O) groups excluding carboxylic acids is 1. The van der Waals surface area contributed by atoms with E-state index in [0.717, 1.165) is 5.69 Å². The van der Waals surface area contributed by atoms with Crippen LogP contribution in [0.25, 0.3) is 0 Å². The lowest BCUT2D eigenvalue weighted by Crippen LogP contribution is -2.57. The Morgan fingerprint density at radius 2 is 1.96 bits per heavy atom. The Morgan fingerprint density at radius 3 is 2.56 bits per heavy atom. The van der Waals surface area contributed by atoms with E-state index in [0.29, 0.717) is 25.6 Å². The van der Waals surface area contributed by atoms with Crippen LogP contribution < -0.4 is 10.6 Å². The molecule has 0 aromatic heterocycles. The molecule has 2 rings (SSSR count). The number of carbonyl (C=O) groups is 1. The van der Waals surface area contributed by atoms with Crippen molar-refractivity contribution in [1.29, 1.82) is 0 Å². The van der Waals surface area contributed by atoms with Crippen molar-refractivity contribution in [3.05, 3.63) is 30.3 Å². The number of sulfone groups is 1. The smallest absolute Gasteiger partial charge is 0.246 e. The Balaban J connectivity index is 2.04. The number of guanidine groups is 1. The van der Waals surface area contributed by atoms with E-state index in [1.165, 1.54) is 0 Å². The quantitative estimate of drug-likeness (QED) is 0.615. The summed E-state index contributed by atoms with van der Waals surface area (Å²) in [4.78, 5) is 18.3. The molecule has 138 valence electrons. The van der Waals surface area contributed by atoms with Crippen LogP contribution in [0.2, 0.25) is 0 Å². The number of nitrogens with zero attached hydrogens (tertiary/aromatic N) is 2. The van der Waals surface area contributed by atoms with E-state index in [9.17, 15) is 13.2 Å². The lowest BCUT2D eigenvalue weighted by Gasteiger charge is -2.39. The molecule has 8 heteroatoms. The van der Waals surface area contributed by atoms with Crippen LogP contribution in [0.5, 0.6) is 0 Å². The third kappa shape index (κ3) is 4.94. The van der Waals surface area contributed by atoms with Gasteiger partial charge in [-0.05, 0) is 32.9 Å². The van der Waals surface area contributed by atoms with Gasteiger partial charge < -0.3 is 15.5 Å². The summed E-state index contributed by atoms with van der Waals surface area (Å²) in [5.41, 5.74) is 0.720. The molecule has 0 bridgehead atoms. The van der Waals surface area contributed by atoms with E-state index >= 15 is 0 Å². The Labute approximate surface area is 149 Å². The largest absolute Gasteiger partial charge is 0.357 e. The first kappa shape index (κ1) is 19.2. The zero-order valence-corrected chi connectivity index (χ0v) is 15.8. The molecule has 25 heavy (non-hydrogen) atoms. The van der Waals surface area contributed by atoms with Crippen molar-refractivity contribution in [2.75, 3.05) is 37.2 Å². The molecule has 1 fully saturated rings. The molecule has 0 aliphatic carbocycles. The fourth-order valence-electron chi connectivity index (χ4n) is 2.62. The number of aliphatic imine (C=N–C) groups is 1. The molecule has 1 aliphatic rings. The molecule has 1 amide bonds. The molecule has 1 aromatic rings. The highest BCUT2D eigenvalue weighted by Gasteiger charge is 2.40. The summed E-state index contributed by atoms with van der Waals surface area (Å²) in [7, 11) is -3.12. The van der Waals surface area contributed by atoms with E-state index in [-0.39, 0.29) is 18.2 Å². The summed E-state index contributed by atoms with van der Waals surface area (Å²) in [6, 6.07) is 9.19. The third-order valence-electron chi connectivity index (χ3n) is 4.11. The minimum atomic E-state index is -3.12. The van der Waals surface area contributed by atoms with Gasteiger partial charge in [0.1, 0.15) is 6.54 Å². The number of hydrogen-bond donors (Lipinski definition) is 2. The molecule has 0 atom stereocenters. The standard InChI is InChI=1S/C17H26N4O3S/c1-4-18-16(21-10-11-25(23,24)17(2,3)13-21)19-12-15(22)20-14-8-6-5-7-9-14/h5-9H,4,10-13H2,1-3H3,(H,18,19)(H,20,22). The highest BCUT2D eigenvalue weighted by molar-refractivity contribution is 7.92. The lowest BCUT2D eigenvalue weighted by molar-refractivity contribution is -0.114. The summed E-state index contributed by atoms with van der Waals surface area (Å²) >= 11 is 0. The van der Waals surface area contributed by atoms with E-state index < -0.39 is 14.6 Å². The topological polar surface area (TPSA) is 90.9 Å². The van der Waals surface area contributed by atoms with Gasteiger partial charge >= 0.3 is 0 Å². The molecular weight excluding hydrogens is 340 g/mol. The van der Waals surface area contributed by atoms with E-state index in [1.807, 2.05) is 42.2 Å². The first-order valence-corrected chi connectivity index (χ1v) is 10.0. The number of hydrogen-bond acceptors (Lipinski definition) is 4. The molecule has 1 aliphatic heterocycles. The van der Waals surface area contributed by atoms with Crippen LogP contribution in [0.1, 0.15) is 20.8 Å². The molecule has 0 spiro atoms. The lowest BCUT2D eigenvalue weighted by atomic mass is 10.2. The van der Waals surface area contributed by atoms with Crippen LogP contribution in [0.3, 0.4) is 0 Å². The van der Waals surface area contributed by atoms with Crippen molar-refractivity contribution < 1.29 is 13.2 Å². The van der Waals surface area contributed by atoms with Crippen LogP contribution in [0.15, 0.2) is 35.3 Å². The molecule has 0 radical (unpaired) electrons. The van der Waals surface area contributed by atoms with Crippen LogP contribution in [0.4, 0.5) is 5.69 Å². The molecule has 7 nitrogen and oxygen atoms in total. The van der Waals surface area contributed by atoms with Crippen LogP contribution in [-0.2, 0) is 14.6 Å². The van der Waals surface area contributed by atoms with Crippen molar-refractivity contribution >= 4 is 27.4 Å². The first-order valence-electron chi connectivity index (χ1n) is 8.35. The van der Waals surface area contributed by atoms with E-state index in [1.54, 1.807) is 13.8 Å². The van der Waals surface area contributed by atoms with Gasteiger partial charge in [-0.3, -0.25) is 4.79 Å². The number of nitrogens with one attached hydrogen (secondary N) is 2. The van der Waals surface area contributed by atoms with Gasteiger partial charge in [-0.1, -0.05) is 18.2 Å². The van der Waals surface area contributed by atoms with Gasteiger partial charge in [-0.15, -0.1) is 0 Å². The maximum atomic E-state index is 12.1. The van der Waals surface area contributed by atoms with E-state index in [2.05, 4.69) is 15.6 Å². The SMILES string of the molecule is CCNC(=NCC(=O)Nc1ccccc1)N1CCS(=O)(=O)C(C)(C)C1. The summed E-state index contributed by atoms with van der Waals surface area (Å²) in [5.74, 6) is 0.430. The second-order valence-electron chi connectivity index (χ2n) is 6.58. The molecule has 0 unspecified atom stereocenters. The molecule has 1 saturated heterocycles. The monoisotopic (exact) mass is 366 g/mol. The van der Waals surface area contributed by atoms with Gasteiger partial charge in [0.15, 0.2) is 15.8 Å². The second-order valence-corrected chi connectivity index (χ2v) is 9.33. The molecule has 2 N–H and O–H groups in total. The van der Waals surface area contributed by atoms with Gasteiger partial charge in [-0.2, -0.15) is 0 Å². The predicted octanol–water partition coefficient (Wildman–Crippen LogP) is 1.10. The third-order valence-corrected chi connectivity index (χ3v) is 6.64. The zero-order chi connectivity index (χ0) is 18.5. The van der Waals surface area contributed by atoms with Gasteiger partial charge in [0.25, 0.3) is 0 Å². The van der Waals surface area contributed by atoms with Crippen molar-refractivity contribution in [1.82, 2.24) is 10.2 Å². The van der Waals surface area contributed by atoms with Crippen LogP contribution in [0, 0.1) is 0 Å². The van der Waals surface area contributed by atoms with Gasteiger partial charge in [0.05, 0.1) is 10.5 Å². The molecule has 1 aromatic carbocycles. The number of rotatable bonds is 4. The highest BCUT2D eigenvalue weighted by Crippen LogP contribution is 2.23. The number of amides is 1. The van der Waals surface area contributed by atoms with Crippen LogP contribution in [-0.4, -0.2) is 61.9 Å². The minimum absolute atomic E-state index is 0.0269. The maximum absolute atomic E-state index is 12.1. The Bertz CT molecular complexity index is 730. The van der Waals surface area contributed by atoms with Crippen molar-refractivity contribution in [3.63, 3.8) is 0 Å². The summed E-state index contributed by atoms with van der Waals surface area (Å²) in [6.07, 6.45) is 0. The van der Waals surface area contributed by atoms with Crippen molar-refractivity contribution in [2.45, 2.75) is 25.5 Å². The fraction of sp³-hybridized carbons (Fsp3) is 0.529. The predicted molar refractivity (Wildman–Crippen MR) is 100 cm³/mol. The molecule has 0 saturated carbocycles. The second kappa shape index (κ2) is 7.86. The maximum Gasteiger partial charge on any atom is 0.246 e. The Morgan fingerprint density at radius 1 is 1.28 bits per heavy atom. The van der Waals surface area contributed by atoms with Gasteiger partial charge in [-0.25, -0.2) is 13.4 Å². The summed E-state index contributed by atoms with van der Waals surface area (Å²) in [5, 5.41) is 5.92. The number of para-hydroxylation sites is 1. The summed E-state index contributed by atoms with van der Waals surface area (Å²) < 4.78 is 23.5. The van der Waals surface area contributed by atoms with Gasteiger partial charge in [0, 0.05) is 25.3 Å². The normalized spacial score (nSPS) is 19.3. The summed E-state index contributed by atoms with van der Waals surface area (Å²) in [6.45, 7) is 6.72. The van der Waals surface area contributed by atoms with Crippen LogP contribution >= 0.6 is 0 Å². The van der Waals surface area contributed by atoms with E-state index in [4.69, 9.17) is 0 Å². The molecule has 1 heterocycles. The average molecular weight is 366 g/mol. The fourth-order valence-corrected chi connectivity index (χ4v) is 3.98. The average Bonchev–Trinajstić information content (AvgIpc) is 2.55. The number of benzene rings is 1. The van der Waals surface area contributed by atoms with Crippen molar-refractivity contribution in [2.24, 2.45) is 4.99 Å². The van der Waals surface area contributed by atoms with Gasteiger partial charge in [0.2, 0.25) is 5.91 Å². The minimum Gasteiger partial charge on any atom is -0.357 e. The Kier molecular flexibility index (Phi) is 6.05. The highest BCUT2D eigenvalue weighted by atomic mass is 32.2.